The Bertz CT molecular complexity index is 1430. The lowest BCUT2D eigenvalue weighted by atomic mass is 9.86. The van der Waals surface area contributed by atoms with Gasteiger partial charge in [0.15, 0.2) is 0 Å². The van der Waals surface area contributed by atoms with Crippen molar-refractivity contribution in [3.8, 4) is 11.5 Å². The summed E-state index contributed by atoms with van der Waals surface area (Å²) in [7, 11) is 0. The Morgan fingerprint density at radius 1 is 0.652 bits per heavy atom. The summed E-state index contributed by atoms with van der Waals surface area (Å²) < 4.78 is 10.7. The van der Waals surface area contributed by atoms with Crippen molar-refractivity contribution >= 4 is 17.8 Å². The zero-order valence-corrected chi connectivity index (χ0v) is 28.5. The van der Waals surface area contributed by atoms with Gasteiger partial charge in [0.1, 0.15) is 34.8 Å². The number of phenols is 2. The van der Waals surface area contributed by atoms with E-state index in [1.165, 1.54) is 0 Å². The fourth-order valence-corrected chi connectivity index (χ4v) is 4.14. The average molecular weight is 635 g/mol. The van der Waals surface area contributed by atoms with Gasteiger partial charge < -0.3 is 30.7 Å². The molecule has 0 spiro atoms. The number of nitrogens with one attached hydrogen (secondary N) is 1. The molecule has 0 aliphatic heterocycles. The van der Waals surface area contributed by atoms with Gasteiger partial charge >= 0.3 is 11.9 Å². The number of carbonyl (C=O) groups is 3. The van der Waals surface area contributed by atoms with Crippen LogP contribution in [0.1, 0.15) is 89.4 Å². The highest BCUT2D eigenvalue weighted by molar-refractivity contribution is 5.97. The maximum Gasteiger partial charge on any atom is 0.329 e. The molecule has 0 aliphatic carbocycles. The van der Waals surface area contributed by atoms with Gasteiger partial charge in [0.05, 0.1) is 0 Å². The minimum absolute atomic E-state index is 0.00702. The molecule has 0 fully saturated rings. The van der Waals surface area contributed by atoms with Gasteiger partial charge in [0.25, 0.3) is 5.91 Å². The van der Waals surface area contributed by atoms with Crippen LogP contribution in [0, 0.1) is 0 Å². The number of nitrogens with two attached hydrogens (primary N) is 1. The predicted octanol–water partition coefficient (Wildman–Crippen LogP) is 5.98. The lowest BCUT2D eigenvalue weighted by molar-refractivity contribution is -0.157. The number of aromatic hydroxyl groups is 2. The summed E-state index contributed by atoms with van der Waals surface area (Å²) in [6.07, 6.45) is 0.663. The van der Waals surface area contributed by atoms with Crippen LogP contribution in [0.4, 0.5) is 0 Å². The second-order valence-electron chi connectivity index (χ2n) is 14.3. The molecule has 3 rings (SSSR count). The summed E-state index contributed by atoms with van der Waals surface area (Å²) in [5, 5.41) is 21.4. The van der Waals surface area contributed by atoms with Crippen molar-refractivity contribution in [1.29, 1.82) is 0 Å². The molecule has 0 aromatic heterocycles. The van der Waals surface area contributed by atoms with Crippen molar-refractivity contribution in [3.05, 3.63) is 95.1 Å². The first kappa shape index (κ1) is 37.8. The largest absolute Gasteiger partial charge is 0.508 e. The molecular formula is C37H50N2O7. The SMILES string of the molecule is CC(C)(C)OC(=O)[C@@H](N)Cc1ccc(O)cc1.CC(C)(C)OC(=O)[C@H](Cc1ccc(O)cc1)NC(=O)c1ccc(C(C)(C)C)cc1. The van der Waals surface area contributed by atoms with Crippen LogP contribution in [0.2, 0.25) is 0 Å². The number of rotatable bonds is 8. The van der Waals surface area contributed by atoms with E-state index in [4.69, 9.17) is 20.3 Å². The van der Waals surface area contributed by atoms with Crippen LogP contribution in [-0.4, -0.2) is 51.3 Å². The zero-order valence-electron chi connectivity index (χ0n) is 28.5. The van der Waals surface area contributed by atoms with Gasteiger partial charge in [0.2, 0.25) is 0 Å². The molecule has 0 saturated carbocycles. The molecule has 9 heteroatoms. The Balaban J connectivity index is 0.000000368. The van der Waals surface area contributed by atoms with E-state index in [2.05, 4.69) is 26.1 Å². The third-order valence-electron chi connectivity index (χ3n) is 6.49. The number of phenolic OH excluding ortho intramolecular Hbond substituents is 2. The van der Waals surface area contributed by atoms with Crippen molar-refractivity contribution in [1.82, 2.24) is 5.32 Å². The summed E-state index contributed by atoms with van der Waals surface area (Å²) in [6.45, 7) is 17.1. The Hall–Kier alpha value is -4.37. The fraction of sp³-hybridized carbons (Fsp3) is 0.432. The first-order valence-corrected chi connectivity index (χ1v) is 15.3. The highest BCUT2D eigenvalue weighted by atomic mass is 16.6. The quantitative estimate of drug-likeness (QED) is 0.221. The minimum atomic E-state index is -0.839. The number of carbonyl (C=O) groups excluding carboxylic acids is 3. The Morgan fingerprint density at radius 3 is 1.48 bits per heavy atom. The molecule has 9 nitrogen and oxygen atoms in total. The number of benzene rings is 3. The van der Waals surface area contributed by atoms with Crippen molar-refractivity contribution in [2.45, 2.75) is 104 Å². The molecule has 0 unspecified atom stereocenters. The number of amides is 1. The smallest absolute Gasteiger partial charge is 0.329 e. The standard InChI is InChI=1S/C24H31NO4.C13H19NO3/c1-23(2,3)18-11-9-17(10-12-18)21(27)25-20(22(28)29-24(4,5)6)15-16-7-13-19(26)14-8-16;1-13(2,3)17-12(16)11(14)8-9-4-6-10(15)7-5-9/h7-14,20,26H,15H2,1-6H3,(H,25,27);4-7,11,15H,8,14H2,1-3H3/t20-;11-/m00/s1. The van der Waals surface area contributed by atoms with E-state index in [0.29, 0.717) is 12.0 Å². The van der Waals surface area contributed by atoms with E-state index in [1.807, 2.05) is 12.1 Å². The summed E-state index contributed by atoms with van der Waals surface area (Å²) in [5.41, 5.74) is 7.87. The van der Waals surface area contributed by atoms with Gasteiger partial charge in [-0.2, -0.15) is 0 Å². The van der Waals surface area contributed by atoms with Gasteiger partial charge in [-0.25, -0.2) is 4.79 Å². The monoisotopic (exact) mass is 634 g/mol. The van der Waals surface area contributed by atoms with Crippen LogP contribution in [-0.2, 0) is 37.3 Å². The van der Waals surface area contributed by atoms with Gasteiger partial charge in [-0.15, -0.1) is 0 Å². The highest BCUT2D eigenvalue weighted by Crippen LogP contribution is 2.22. The fourth-order valence-electron chi connectivity index (χ4n) is 4.14. The number of hydrogen-bond acceptors (Lipinski definition) is 8. The number of esters is 2. The van der Waals surface area contributed by atoms with Crippen molar-refractivity contribution in [2.24, 2.45) is 5.73 Å². The topological polar surface area (TPSA) is 148 Å². The lowest BCUT2D eigenvalue weighted by Gasteiger charge is -2.25. The number of hydrogen-bond donors (Lipinski definition) is 4. The van der Waals surface area contributed by atoms with Crippen LogP contribution in [0.5, 0.6) is 11.5 Å². The normalized spacial score (nSPS) is 13.0. The highest BCUT2D eigenvalue weighted by Gasteiger charge is 2.28. The molecule has 46 heavy (non-hydrogen) atoms. The lowest BCUT2D eigenvalue weighted by Crippen LogP contribution is -2.45. The Morgan fingerprint density at radius 2 is 1.07 bits per heavy atom. The van der Waals surface area contributed by atoms with Crippen LogP contribution in [0.25, 0.3) is 0 Å². The van der Waals surface area contributed by atoms with Gasteiger partial charge in [-0.3, -0.25) is 9.59 Å². The van der Waals surface area contributed by atoms with E-state index in [9.17, 15) is 19.5 Å². The van der Waals surface area contributed by atoms with Gasteiger partial charge in [-0.05, 0) is 106 Å². The first-order valence-electron chi connectivity index (χ1n) is 15.3. The van der Waals surface area contributed by atoms with Crippen LogP contribution in [0.15, 0.2) is 72.8 Å². The summed E-state index contributed by atoms with van der Waals surface area (Å²) in [4.78, 5) is 37.1. The minimum Gasteiger partial charge on any atom is -0.508 e. The van der Waals surface area contributed by atoms with E-state index >= 15 is 0 Å². The van der Waals surface area contributed by atoms with Crippen LogP contribution in [0.3, 0.4) is 0 Å². The van der Waals surface area contributed by atoms with E-state index in [-0.39, 0.29) is 29.2 Å². The second kappa shape index (κ2) is 15.8. The Labute approximate surface area is 273 Å². The third-order valence-corrected chi connectivity index (χ3v) is 6.49. The molecule has 3 aromatic rings. The molecule has 2 atom stereocenters. The summed E-state index contributed by atoms with van der Waals surface area (Å²) in [5.74, 6) is -0.902. The van der Waals surface area contributed by atoms with Gasteiger partial charge in [-0.1, -0.05) is 57.2 Å². The number of ether oxygens (including phenoxy) is 2. The van der Waals surface area contributed by atoms with Crippen molar-refractivity contribution in [2.75, 3.05) is 0 Å². The van der Waals surface area contributed by atoms with Crippen molar-refractivity contribution in [3.63, 3.8) is 0 Å². The van der Waals surface area contributed by atoms with Crippen LogP contribution < -0.4 is 11.1 Å². The molecular weight excluding hydrogens is 584 g/mol. The van der Waals surface area contributed by atoms with E-state index in [0.717, 1.165) is 16.7 Å². The molecule has 0 radical (unpaired) electrons. The van der Waals surface area contributed by atoms with Crippen molar-refractivity contribution < 1.29 is 34.1 Å². The molecule has 0 heterocycles. The maximum absolute atomic E-state index is 12.8. The summed E-state index contributed by atoms with van der Waals surface area (Å²) >= 11 is 0. The van der Waals surface area contributed by atoms with Crippen LogP contribution >= 0.6 is 0 Å². The summed E-state index contributed by atoms with van der Waals surface area (Å²) in [6, 6.07) is 19.0. The molecule has 0 bridgehead atoms. The van der Waals surface area contributed by atoms with E-state index in [1.54, 1.807) is 102 Å². The molecule has 3 aromatic carbocycles. The predicted molar refractivity (Wildman–Crippen MR) is 180 cm³/mol. The Kier molecular flexibility index (Phi) is 13.0. The molecule has 250 valence electrons. The zero-order chi connectivity index (χ0) is 34.9. The second-order valence-corrected chi connectivity index (χ2v) is 14.3. The molecule has 0 aliphatic rings. The average Bonchev–Trinajstić information content (AvgIpc) is 2.93. The third kappa shape index (κ3) is 13.7. The van der Waals surface area contributed by atoms with Gasteiger partial charge in [0, 0.05) is 12.0 Å². The maximum atomic E-state index is 12.8. The first-order chi connectivity index (χ1) is 21.1. The van der Waals surface area contributed by atoms with E-state index < -0.39 is 35.2 Å². The molecule has 0 saturated heterocycles. The molecule has 1 amide bonds. The molecule has 5 N–H and O–H groups in total.